The van der Waals surface area contributed by atoms with Crippen LogP contribution in [0.3, 0.4) is 0 Å². The number of alkyl carbamates (subject to hydrolysis) is 1. The van der Waals surface area contributed by atoms with Gasteiger partial charge in [-0.15, -0.1) is 0 Å². The van der Waals surface area contributed by atoms with Gasteiger partial charge in [0.05, 0.1) is 6.61 Å². The van der Waals surface area contributed by atoms with E-state index in [-0.39, 0.29) is 44.0 Å². The molecule has 2 atom stereocenters. The smallest absolute Gasteiger partial charge is 0.408 e. The van der Waals surface area contributed by atoms with Crippen LogP contribution in [0.25, 0.3) is 11.1 Å². The van der Waals surface area contributed by atoms with Gasteiger partial charge in [-0.05, 0) is 34.1 Å². The summed E-state index contributed by atoms with van der Waals surface area (Å²) in [5.74, 6) is -1.82. The number of carboxylic acids is 1. The van der Waals surface area contributed by atoms with Gasteiger partial charge in [0.15, 0.2) is 0 Å². The molecular formula is C27H32N2O6. The summed E-state index contributed by atoms with van der Waals surface area (Å²) in [6.07, 6.45) is -0.267. The van der Waals surface area contributed by atoms with Crippen molar-refractivity contribution in [2.75, 3.05) is 19.8 Å². The van der Waals surface area contributed by atoms with Gasteiger partial charge in [-0.2, -0.15) is 0 Å². The molecule has 1 heterocycles. The minimum Gasteiger partial charge on any atom is -0.480 e. The molecule has 2 aromatic carbocycles. The van der Waals surface area contributed by atoms with Gasteiger partial charge < -0.3 is 25.2 Å². The Morgan fingerprint density at radius 3 is 2.20 bits per heavy atom. The van der Waals surface area contributed by atoms with Gasteiger partial charge in [-0.3, -0.25) is 4.79 Å². The molecule has 2 unspecified atom stereocenters. The summed E-state index contributed by atoms with van der Waals surface area (Å²) < 4.78 is 11.0. The number of rotatable bonds is 7. The standard InChI is InChI=1S/C27H32N2O6/c1-26(2,3)14-22(23(30)31)28-24(32)27(12-13-34-16-27)29-25(33)35-15-21-19-10-6-4-8-17(19)18-9-5-7-11-20(18)21/h4-11,21-22H,12-16H2,1-3H3,(H,28,32)(H,29,33)(H,30,31). The minimum atomic E-state index is -1.38. The lowest BCUT2D eigenvalue weighted by Gasteiger charge is -2.30. The predicted molar refractivity (Wildman–Crippen MR) is 130 cm³/mol. The Kier molecular flexibility index (Phi) is 6.85. The zero-order valence-electron chi connectivity index (χ0n) is 20.3. The molecule has 0 radical (unpaired) electrons. The first-order valence-electron chi connectivity index (χ1n) is 11.8. The maximum atomic E-state index is 13.2. The van der Waals surface area contributed by atoms with Crippen LogP contribution in [0.2, 0.25) is 0 Å². The highest BCUT2D eigenvalue weighted by Gasteiger charge is 2.46. The van der Waals surface area contributed by atoms with E-state index in [1.807, 2.05) is 57.2 Å². The molecule has 1 aliphatic carbocycles. The highest BCUT2D eigenvalue weighted by atomic mass is 16.6. The van der Waals surface area contributed by atoms with Gasteiger partial charge in [0.1, 0.15) is 18.2 Å². The van der Waals surface area contributed by atoms with Crippen LogP contribution in [0.4, 0.5) is 4.79 Å². The van der Waals surface area contributed by atoms with Gasteiger partial charge in [0.25, 0.3) is 0 Å². The van der Waals surface area contributed by atoms with E-state index >= 15 is 0 Å². The monoisotopic (exact) mass is 480 g/mol. The molecule has 2 aromatic rings. The number of carbonyl (C=O) groups excluding carboxylic acids is 2. The molecule has 8 heteroatoms. The number of ether oxygens (including phenoxy) is 2. The average molecular weight is 481 g/mol. The molecule has 1 saturated heterocycles. The fourth-order valence-electron chi connectivity index (χ4n) is 4.84. The topological polar surface area (TPSA) is 114 Å². The van der Waals surface area contributed by atoms with Crippen LogP contribution in [0, 0.1) is 5.41 Å². The molecule has 2 amide bonds. The Bertz CT molecular complexity index is 1070. The summed E-state index contributed by atoms with van der Waals surface area (Å²) in [5.41, 5.74) is 2.73. The van der Waals surface area contributed by atoms with Gasteiger partial charge in [0, 0.05) is 18.9 Å². The first-order chi connectivity index (χ1) is 16.6. The number of fused-ring (bicyclic) bond motifs is 3. The molecule has 0 spiro atoms. The molecular weight excluding hydrogens is 448 g/mol. The fourth-order valence-corrected chi connectivity index (χ4v) is 4.84. The Labute approximate surface area is 205 Å². The first-order valence-corrected chi connectivity index (χ1v) is 11.8. The SMILES string of the molecule is CC(C)(C)CC(NC(=O)C1(NC(=O)OCC2c3ccccc3-c3ccccc32)CCOC1)C(=O)O. The lowest BCUT2D eigenvalue weighted by atomic mass is 9.87. The molecule has 1 aliphatic heterocycles. The summed E-state index contributed by atoms with van der Waals surface area (Å²) in [4.78, 5) is 37.8. The van der Waals surface area contributed by atoms with E-state index in [1.54, 1.807) is 0 Å². The number of benzene rings is 2. The van der Waals surface area contributed by atoms with E-state index < -0.39 is 29.6 Å². The third-order valence-corrected chi connectivity index (χ3v) is 6.56. The third-order valence-electron chi connectivity index (χ3n) is 6.56. The number of nitrogens with one attached hydrogen (secondary N) is 2. The maximum Gasteiger partial charge on any atom is 0.408 e. The van der Waals surface area contributed by atoms with E-state index in [0.29, 0.717) is 0 Å². The van der Waals surface area contributed by atoms with Crippen molar-refractivity contribution in [2.24, 2.45) is 5.41 Å². The number of hydrogen-bond donors (Lipinski definition) is 3. The third kappa shape index (κ3) is 5.32. The summed E-state index contributed by atoms with van der Waals surface area (Å²) in [5, 5.41) is 14.9. The zero-order valence-corrected chi connectivity index (χ0v) is 20.3. The second kappa shape index (κ2) is 9.70. The lowest BCUT2D eigenvalue weighted by Crippen LogP contribution is -2.62. The fraction of sp³-hybridized carbons (Fsp3) is 0.444. The Morgan fingerprint density at radius 2 is 1.69 bits per heavy atom. The van der Waals surface area contributed by atoms with Crippen molar-refractivity contribution >= 4 is 18.0 Å². The van der Waals surface area contributed by atoms with E-state index in [4.69, 9.17) is 9.47 Å². The maximum absolute atomic E-state index is 13.2. The lowest BCUT2D eigenvalue weighted by molar-refractivity contribution is -0.143. The van der Waals surface area contributed by atoms with Gasteiger partial charge >= 0.3 is 12.1 Å². The van der Waals surface area contributed by atoms with Crippen molar-refractivity contribution in [3.8, 4) is 11.1 Å². The van der Waals surface area contributed by atoms with Crippen molar-refractivity contribution in [2.45, 2.75) is 51.1 Å². The minimum absolute atomic E-state index is 0.0507. The quantitative estimate of drug-likeness (QED) is 0.557. The molecule has 4 rings (SSSR count). The van der Waals surface area contributed by atoms with Crippen molar-refractivity contribution in [3.63, 3.8) is 0 Å². The van der Waals surface area contributed by atoms with Crippen LogP contribution in [0.1, 0.15) is 50.7 Å². The highest BCUT2D eigenvalue weighted by Crippen LogP contribution is 2.44. The number of hydrogen-bond acceptors (Lipinski definition) is 5. The number of aliphatic carboxylic acids is 1. The molecule has 0 aromatic heterocycles. The van der Waals surface area contributed by atoms with Gasteiger partial charge in [-0.1, -0.05) is 69.3 Å². The Balaban J connectivity index is 1.44. The zero-order chi connectivity index (χ0) is 25.2. The van der Waals surface area contributed by atoms with Crippen molar-refractivity contribution in [1.82, 2.24) is 10.6 Å². The summed E-state index contributed by atoms with van der Waals surface area (Å²) in [6.45, 7) is 6.04. The molecule has 3 N–H and O–H groups in total. The van der Waals surface area contributed by atoms with Crippen molar-refractivity contribution in [3.05, 3.63) is 59.7 Å². The van der Waals surface area contributed by atoms with Crippen LogP contribution in [0.15, 0.2) is 48.5 Å². The number of carbonyl (C=O) groups is 3. The van der Waals surface area contributed by atoms with Crippen molar-refractivity contribution in [1.29, 1.82) is 0 Å². The Morgan fingerprint density at radius 1 is 1.09 bits per heavy atom. The molecule has 2 aliphatic rings. The van der Waals surface area contributed by atoms with Crippen LogP contribution in [0.5, 0.6) is 0 Å². The average Bonchev–Trinajstić information content (AvgIpc) is 3.40. The molecule has 0 bridgehead atoms. The van der Waals surface area contributed by atoms with Gasteiger partial charge in [-0.25, -0.2) is 9.59 Å². The molecule has 8 nitrogen and oxygen atoms in total. The molecule has 0 saturated carbocycles. The largest absolute Gasteiger partial charge is 0.480 e. The molecule has 1 fully saturated rings. The van der Waals surface area contributed by atoms with E-state index in [2.05, 4.69) is 22.8 Å². The van der Waals surface area contributed by atoms with Gasteiger partial charge in [0.2, 0.25) is 5.91 Å². The molecule has 35 heavy (non-hydrogen) atoms. The number of amides is 2. The predicted octanol–water partition coefficient (Wildman–Crippen LogP) is 3.69. The van der Waals surface area contributed by atoms with Crippen molar-refractivity contribution < 1.29 is 29.0 Å². The first kappa shape index (κ1) is 24.7. The van der Waals surface area contributed by atoms with Crippen LogP contribution < -0.4 is 10.6 Å². The van der Waals surface area contributed by atoms with E-state index in [0.717, 1.165) is 22.3 Å². The molecule has 186 valence electrons. The van der Waals surface area contributed by atoms with Crippen LogP contribution in [-0.2, 0) is 19.1 Å². The normalized spacial score (nSPS) is 20.0. The summed E-state index contributed by atoms with van der Waals surface area (Å²) >= 11 is 0. The van der Waals surface area contributed by atoms with Crippen LogP contribution >= 0.6 is 0 Å². The second-order valence-corrected chi connectivity index (χ2v) is 10.5. The van der Waals surface area contributed by atoms with E-state index in [1.165, 1.54) is 0 Å². The van der Waals surface area contributed by atoms with Crippen LogP contribution in [-0.4, -0.2) is 54.5 Å². The summed E-state index contributed by atoms with van der Waals surface area (Å²) in [7, 11) is 0. The second-order valence-electron chi connectivity index (χ2n) is 10.5. The van der Waals surface area contributed by atoms with E-state index in [9.17, 15) is 19.5 Å². The highest BCUT2D eigenvalue weighted by molar-refractivity contribution is 5.93. The summed E-state index contributed by atoms with van der Waals surface area (Å²) in [6, 6.07) is 15.0. The Hall–Kier alpha value is -3.39. The number of carboxylic acid groups (broad SMARTS) is 1.